The lowest BCUT2D eigenvalue weighted by molar-refractivity contribution is 0.828. The number of aryl methyl sites for hydroxylation is 1. The molecule has 0 radical (unpaired) electrons. The van der Waals surface area contributed by atoms with Gasteiger partial charge in [0, 0.05) is 18.6 Å². The van der Waals surface area contributed by atoms with Crippen LogP contribution in [0.4, 0.5) is 5.82 Å². The van der Waals surface area contributed by atoms with Crippen LogP contribution in [-0.4, -0.2) is 19.7 Å². The molecule has 0 aliphatic carbocycles. The molecule has 0 amide bonds. The fourth-order valence-electron chi connectivity index (χ4n) is 1.05. The van der Waals surface area contributed by atoms with Gasteiger partial charge in [0.1, 0.15) is 0 Å². The zero-order chi connectivity index (χ0) is 15.3. The standard InChI is InChI=1S/C8H9N5.3C2H6/c1-6-2-5-13(12-6)8-7(9)10-3-4-11-8;3*1-2/h2-5H,1H3,(H2,9,10);3*1-2H3. The van der Waals surface area contributed by atoms with E-state index in [1.807, 2.05) is 54.5 Å². The van der Waals surface area contributed by atoms with Crippen molar-refractivity contribution in [3.8, 4) is 5.82 Å². The summed E-state index contributed by atoms with van der Waals surface area (Å²) in [5.41, 5.74) is 6.55. The Balaban J connectivity index is 0. The maximum absolute atomic E-state index is 5.63. The molecule has 19 heavy (non-hydrogen) atoms. The van der Waals surface area contributed by atoms with Gasteiger partial charge < -0.3 is 5.73 Å². The number of aromatic nitrogens is 4. The van der Waals surface area contributed by atoms with E-state index in [1.165, 1.54) is 0 Å². The van der Waals surface area contributed by atoms with Gasteiger partial charge in [-0.1, -0.05) is 41.5 Å². The average molecular weight is 265 g/mol. The largest absolute Gasteiger partial charge is 0.381 e. The third-order valence-corrected chi connectivity index (χ3v) is 1.65. The highest BCUT2D eigenvalue weighted by atomic mass is 15.3. The molecule has 0 atom stereocenters. The summed E-state index contributed by atoms with van der Waals surface area (Å²) in [5.74, 6) is 0.946. The molecule has 0 bridgehead atoms. The molecule has 2 aromatic heterocycles. The monoisotopic (exact) mass is 265 g/mol. The summed E-state index contributed by atoms with van der Waals surface area (Å²) in [4.78, 5) is 7.99. The quantitative estimate of drug-likeness (QED) is 0.854. The van der Waals surface area contributed by atoms with Gasteiger partial charge in [-0.05, 0) is 13.0 Å². The van der Waals surface area contributed by atoms with Crippen LogP contribution < -0.4 is 5.73 Å². The number of nitrogen functional groups attached to an aromatic ring is 1. The third-order valence-electron chi connectivity index (χ3n) is 1.65. The van der Waals surface area contributed by atoms with E-state index in [4.69, 9.17) is 5.73 Å². The van der Waals surface area contributed by atoms with Crippen molar-refractivity contribution >= 4 is 5.82 Å². The number of rotatable bonds is 1. The van der Waals surface area contributed by atoms with Gasteiger partial charge in [-0.15, -0.1) is 0 Å². The molecular formula is C14H27N5. The first-order valence-corrected chi connectivity index (χ1v) is 6.86. The SMILES string of the molecule is CC.CC.CC.Cc1ccn(-c2nccnc2N)n1. The van der Waals surface area contributed by atoms with Crippen LogP contribution in [0.2, 0.25) is 0 Å². The van der Waals surface area contributed by atoms with E-state index in [0.717, 1.165) is 5.69 Å². The van der Waals surface area contributed by atoms with Crippen LogP contribution in [0.15, 0.2) is 24.7 Å². The molecule has 2 aromatic rings. The van der Waals surface area contributed by atoms with Crippen LogP contribution in [0, 0.1) is 6.92 Å². The first kappa shape index (κ1) is 19.4. The van der Waals surface area contributed by atoms with Crippen molar-refractivity contribution in [3.05, 3.63) is 30.4 Å². The van der Waals surface area contributed by atoms with Gasteiger partial charge in [0.25, 0.3) is 0 Å². The van der Waals surface area contributed by atoms with Crippen molar-refractivity contribution in [2.45, 2.75) is 48.5 Å². The van der Waals surface area contributed by atoms with Gasteiger partial charge in [-0.2, -0.15) is 5.10 Å². The van der Waals surface area contributed by atoms with E-state index >= 15 is 0 Å². The van der Waals surface area contributed by atoms with Crippen molar-refractivity contribution in [1.82, 2.24) is 19.7 Å². The topological polar surface area (TPSA) is 69.6 Å². The summed E-state index contributed by atoms with van der Waals surface area (Å²) in [6, 6.07) is 1.88. The Kier molecular flexibility index (Phi) is 12.8. The zero-order valence-electron chi connectivity index (χ0n) is 13.2. The number of hydrogen-bond donors (Lipinski definition) is 1. The normalized spacial score (nSPS) is 7.95. The number of anilines is 1. The van der Waals surface area contributed by atoms with Gasteiger partial charge in [-0.3, -0.25) is 0 Å². The zero-order valence-corrected chi connectivity index (χ0v) is 13.2. The van der Waals surface area contributed by atoms with Gasteiger partial charge in [0.15, 0.2) is 11.6 Å². The molecule has 0 aromatic carbocycles. The van der Waals surface area contributed by atoms with Crippen LogP contribution in [0.3, 0.4) is 0 Å². The highest BCUT2D eigenvalue weighted by molar-refractivity contribution is 5.44. The maximum atomic E-state index is 5.63. The molecule has 0 unspecified atom stereocenters. The molecule has 108 valence electrons. The molecule has 0 spiro atoms. The molecule has 0 aliphatic heterocycles. The lowest BCUT2D eigenvalue weighted by atomic mass is 10.5. The summed E-state index contributed by atoms with van der Waals surface area (Å²) in [7, 11) is 0. The summed E-state index contributed by atoms with van der Waals surface area (Å²) >= 11 is 0. The molecule has 2 heterocycles. The number of nitrogens with zero attached hydrogens (tertiary/aromatic N) is 4. The summed E-state index contributed by atoms with van der Waals surface area (Å²) < 4.78 is 1.61. The van der Waals surface area contributed by atoms with E-state index in [0.29, 0.717) is 11.6 Å². The Labute approximate surface area is 116 Å². The second kappa shape index (κ2) is 12.5. The Morgan fingerprint density at radius 1 is 0.947 bits per heavy atom. The molecule has 5 nitrogen and oxygen atoms in total. The second-order valence-corrected chi connectivity index (χ2v) is 2.67. The molecule has 5 heteroatoms. The van der Waals surface area contributed by atoms with E-state index in [-0.39, 0.29) is 0 Å². The van der Waals surface area contributed by atoms with Crippen molar-refractivity contribution < 1.29 is 0 Å². The minimum Gasteiger partial charge on any atom is -0.381 e. The Bertz CT molecular complexity index is 423. The van der Waals surface area contributed by atoms with Crippen molar-refractivity contribution in [3.63, 3.8) is 0 Å². The predicted molar refractivity (Wildman–Crippen MR) is 82.3 cm³/mol. The van der Waals surface area contributed by atoms with Gasteiger partial charge >= 0.3 is 0 Å². The van der Waals surface area contributed by atoms with Crippen LogP contribution >= 0.6 is 0 Å². The average Bonchev–Trinajstić information content (AvgIpc) is 2.92. The van der Waals surface area contributed by atoms with Gasteiger partial charge in [0.05, 0.1) is 5.69 Å². The maximum Gasteiger partial charge on any atom is 0.196 e. The smallest absolute Gasteiger partial charge is 0.196 e. The molecule has 0 aliphatic rings. The first-order chi connectivity index (χ1) is 9.27. The van der Waals surface area contributed by atoms with E-state index in [1.54, 1.807) is 23.3 Å². The lowest BCUT2D eigenvalue weighted by Gasteiger charge is -2.01. The highest BCUT2D eigenvalue weighted by Crippen LogP contribution is 2.08. The summed E-state index contributed by atoms with van der Waals surface area (Å²) in [6.07, 6.45) is 4.94. The third kappa shape index (κ3) is 6.55. The van der Waals surface area contributed by atoms with E-state index in [2.05, 4.69) is 15.1 Å². The van der Waals surface area contributed by atoms with Crippen molar-refractivity contribution in [2.24, 2.45) is 0 Å². The minimum absolute atomic E-state index is 0.380. The van der Waals surface area contributed by atoms with Crippen molar-refractivity contribution in [1.29, 1.82) is 0 Å². The molecule has 0 fully saturated rings. The van der Waals surface area contributed by atoms with Crippen LogP contribution in [-0.2, 0) is 0 Å². The predicted octanol–water partition coefficient (Wildman–Crippen LogP) is 3.63. The molecule has 2 N–H and O–H groups in total. The van der Waals surface area contributed by atoms with Crippen LogP contribution in [0.1, 0.15) is 47.2 Å². The lowest BCUT2D eigenvalue weighted by Crippen LogP contribution is -2.04. The highest BCUT2D eigenvalue weighted by Gasteiger charge is 2.03. The number of nitrogens with two attached hydrogens (primary N) is 1. The summed E-state index contributed by atoms with van der Waals surface area (Å²) in [5, 5.41) is 4.18. The van der Waals surface area contributed by atoms with Crippen molar-refractivity contribution in [2.75, 3.05) is 5.73 Å². The summed E-state index contributed by atoms with van der Waals surface area (Å²) in [6.45, 7) is 13.9. The van der Waals surface area contributed by atoms with E-state index < -0.39 is 0 Å². The van der Waals surface area contributed by atoms with Gasteiger partial charge in [-0.25, -0.2) is 14.6 Å². The second-order valence-electron chi connectivity index (χ2n) is 2.67. The molecule has 0 saturated carbocycles. The fourth-order valence-corrected chi connectivity index (χ4v) is 1.05. The Hall–Kier alpha value is -1.91. The van der Waals surface area contributed by atoms with Gasteiger partial charge in [0.2, 0.25) is 0 Å². The minimum atomic E-state index is 0.380. The number of hydrogen-bond acceptors (Lipinski definition) is 4. The first-order valence-electron chi connectivity index (χ1n) is 6.86. The molecule has 0 saturated heterocycles. The molecule has 2 rings (SSSR count). The van der Waals surface area contributed by atoms with E-state index in [9.17, 15) is 0 Å². The van der Waals surface area contributed by atoms with Crippen LogP contribution in [0.5, 0.6) is 0 Å². The Morgan fingerprint density at radius 2 is 1.47 bits per heavy atom. The Morgan fingerprint density at radius 3 is 1.89 bits per heavy atom. The molecular weight excluding hydrogens is 238 g/mol. The fraction of sp³-hybridized carbons (Fsp3) is 0.500. The van der Waals surface area contributed by atoms with Crippen LogP contribution in [0.25, 0.3) is 5.82 Å².